The Morgan fingerprint density at radius 1 is 1.20 bits per heavy atom. The van der Waals surface area contributed by atoms with Gasteiger partial charge >= 0.3 is 0 Å². The van der Waals surface area contributed by atoms with Gasteiger partial charge in [-0.25, -0.2) is 0 Å². The third-order valence-electron chi connectivity index (χ3n) is 3.70. The zero-order chi connectivity index (χ0) is 14.0. The minimum Gasteiger partial charge on any atom is -0.375 e. The molecule has 3 heteroatoms. The van der Waals surface area contributed by atoms with Crippen molar-refractivity contribution >= 4 is 0 Å². The van der Waals surface area contributed by atoms with Crippen LogP contribution < -0.4 is 5.32 Å². The van der Waals surface area contributed by atoms with Crippen molar-refractivity contribution in [1.29, 1.82) is 0 Å². The van der Waals surface area contributed by atoms with E-state index in [4.69, 9.17) is 4.74 Å². The molecule has 1 aliphatic rings. The summed E-state index contributed by atoms with van der Waals surface area (Å²) in [6, 6.07) is 4.99. The maximum atomic E-state index is 5.67. The molecule has 0 bridgehead atoms. The maximum Gasteiger partial charge on any atom is 0.0887 e. The lowest BCUT2D eigenvalue weighted by atomic mass is 10.2. The van der Waals surface area contributed by atoms with Crippen molar-refractivity contribution in [3.05, 3.63) is 29.6 Å². The smallest absolute Gasteiger partial charge is 0.0887 e. The summed E-state index contributed by atoms with van der Waals surface area (Å²) in [5.41, 5.74) is 2.30. The molecule has 1 aliphatic carbocycles. The van der Waals surface area contributed by atoms with E-state index in [0.717, 1.165) is 24.9 Å². The number of ether oxygens (including phenoxy) is 1. The zero-order valence-electron chi connectivity index (χ0n) is 12.7. The van der Waals surface area contributed by atoms with E-state index in [1.807, 2.05) is 6.20 Å². The molecular weight excluding hydrogens is 248 g/mol. The molecule has 0 aliphatic heterocycles. The fraction of sp³-hybridized carbons (Fsp3) is 0.706. The molecule has 1 aromatic rings. The van der Waals surface area contributed by atoms with Gasteiger partial charge in [0, 0.05) is 25.4 Å². The van der Waals surface area contributed by atoms with Gasteiger partial charge in [-0.1, -0.05) is 38.7 Å². The molecule has 0 aromatic carbocycles. The van der Waals surface area contributed by atoms with E-state index < -0.39 is 0 Å². The van der Waals surface area contributed by atoms with Crippen LogP contribution in [0.4, 0.5) is 0 Å². The highest BCUT2D eigenvalue weighted by molar-refractivity contribution is 5.13. The van der Waals surface area contributed by atoms with Gasteiger partial charge in [-0.05, 0) is 30.9 Å². The van der Waals surface area contributed by atoms with Gasteiger partial charge in [0.15, 0.2) is 0 Å². The van der Waals surface area contributed by atoms with Crippen molar-refractivity contribution in [3.8, 4) is 0 Å². The number of hydrogen-bond donors (Lipinski definition) is 1. The molecule has 0 amide bonds. The van der Waals surface area contributed by atoms with Crippen LogP contribution in [0.1, 0.15) is 63.1 Å². The van der Waals surface area contributed by atoms with Gasteiger partial charge < -0.3 is 10.1 Å². The summed E-state index contributed by atoms with van der Waals surface area (Å²) in [7, 11) is 0. The molecule has 1 saturated carbocycles. The lowest BCUT2D eigenvalue weighted by molar-refractivity contribution is 0.114. The molecule has 1 fully saturated rings. The van der Waals surface area contributed by atoms with Crippen LogP contribution in [-0.4, -0.2) is 17.6 Å². The van der Waals surface area contributed by atoms with Crippen molar-refractivity contribution in [1.82, 2.24) is 10.3 Å². The topological polar surface area (TPSA) is 34.1 Å². The Labute approximate surface area is 123 Å². The van der Waals surface area contributed by atoms with Crippen molar-refractivity contribution < 1.29 is 4.74 Å². The molecule has 3 nitrogen and oxygen atoms in total. The fourth-order valence-electron chi connectivity index (χ4n) is 2.18. The molecular formula is C17H28N2O. The highest BCUT2D eigenvalue weighted by Crippen LogP contribution is 2.19. The van der Waals surface area contributed by atoms with Crippen LogP contribution in [0.2, 0.25) is 0 Å². The summed E-state index contributed by atoms with van der Waals surface area (Å²) in [6.07, 6.45) is 11.1. The monoisotopic (exact) mass is 276 g/mol. The number of hydrogen-bond acceptors (Lipinski definition) is 3. The van der Waals surface area contributed by atoms with Crippen molar-refractivity contribution in [2.45, 2.75) is 71.1 Å². The first-order valence-corrected chi connectivity index (χ1v) is 8.13. The number of nitrogens with zero attached hydrogens (tertiary/aromatic N) is 1. The first-order chi connectivity index (χ1) is 9.88. The largest absolute Gasteiger partial charge is 0.375 e. The Balaban J connectivity index is 1.53. The van der Waals surface area contributed by atoms with Crippen LogP contribution >= 0.6 is 0 Å². The quantitative estimate of drug-likeness (QED) is 0.624. The van der Waals surface area contributed by atoms with E-state index in [1.165, 1.54) is 50.5 Å². The molecule has 0 atom stereocenters. The number of rotatable bonds is 11. The van der Waals surface area contributed by atoms with Gasteiger partial charge in [-0.2, -0.15) is 0 Å². The average Bonchev–Trinajstić information content (AvgIpc) is 3.30. The highest BCUT2D eigenvalue weighted by atomic mass is 16.5. The molecule has 0 unspecified atom stereocenters. The van der Waals surface area contributed by atoms with Gasteiger partial charge in [-0.15, -0.1) is 0 Å². The molecule has 1 N–H and O–H groups in total. The second-order valence-corrected chi connectivity index (χ2v) is 5.78. The summed E-state index contributed by atoms with van der Waals surface area (Å²) in [5.74, 6) is 0. The van der Waals surface area contributed by atoms with Gasteiger partial charge in [0.25, 0.3) is 0 Å². The van der Waals surface area contributed by atoms with Crippen LogP contribution in [0.3, 0.4) is 0 Å². The van der Waals surface area contributed by atoms with Gasteiger partial charge in [0.05, 0.1) is 12.3 Å². The predicted molar refractivity (Wildman–Crippen MR) is 82.5 cm³/mol. The Bertz CT molecular complexity index is 360. The van der Waals surface area contributed by atoms with E-state index in [-0.39, 0.29) is 0 Å². The second-order valence-electron chi connectivity index (χ2n) is 5.78. The van der Waals surface area contributed by atoms with Gasteiger partial charge in [0.1, 0.15) is 0 Å². The summed E-state index contributed by atoms with van der Waals surface area (Å²) >= 11 is 0. The van der Waals surface area contributed by atoms with E-state index >= 15 is 0 Å². The third-order valence-corrected chi connectivity index (χ3v) is 3.70. The Morgan fingerprint density at radius 2 is 2.05 bits per heavy atom. The van der Waals surface area contributed by atoms with Crippen molar-refractivity contribution in [3.63, 3.8) is 0 Å². The maximum absolute atomic E-state index is 5.67. The minimum absolute atomic E-state index is 0.643. The normalized spacial score (nSPS) is 14.7. The Kier molecular flexibility index (Phi) is 7.02. The van der Waals surface area contributed by atoms with Crippen molar-refractivity contribution in [2.75, 3.05) is 6.61 Å². The van der Waals surface area contributed by atoms with E-state index in [1.54, 1.807) is 0 Å². The lowest BCUT2D eigenvalue weighted by Crippen LogP contribution is -2.15. The molecule has 0 saturated heterocycles. The summed E-state index contributed by atoms with van der Waals surface area (Å²) in [6.45, 7) is 4.68. The number of unbranched alkanes of at least 4 members (excludes halogenated alkanes) is 4. The molecule has 0 radical (unpaired) electrons. The summed E-state index contributed by atoms with van der Waals surface area (Å²) < 4.78 is 5.67. The third kappa shape index (κ3) is 6.49. The standard InChI is InChI=1S/C17H28N2O/c1-2-3-4-5-6-11-20-14-17-8-7-15(13-19-17)12-18-16-9-10-16/h7-8,13,16,18H,2-6,9-12,14H2,1H3. The van der Waals surface area contributed by atoms with E-state index in [0.29, 0.717) is 6.61 Å². The number of aromatic nitrogens is 1. The number of nitrogens with one attached hydrogen (secondary N) is 1. The SMILES string of the molecule is CCCCCCCOCc1ccc(CNC2CC2)cn1. The van der Waals surface area contributed by atoms with Crippen LogP contribution in [0, 0.1) is 0 Å². The fourth-order valence-corrected chi connectivity index (χ4v) is 2.18. The molecule has 112 valence electrons. The second kappa shape index (κ2) is 9.09. The molecule has 2 rings (SSSR count). The van der Waals surface area contributed by atoms with Crippen LogP contribution in [0.5, 0.6) is 0 Å². The lowest BCUT2D eigenvalue weighted by Gasteiger charge is -2.06. The predicted octanol–water partition coefficient (Wildman–Crippen LogP) is 3.82. The molecule has 1 aromatic heterocycles. The zero-order valence-corrected chi connectivity index (χ0v) is 12.7. The van der Waals surface area contributed by atoms with Crippen LogP contribution in [0.25, 0.3) is 0 Å². The number of pyridine rings is 1. The molecule has 1 heterocycles. The van der Waals surface area contributed by atoms with E-state index in [2.05, 4.69) is 29.4 Å². The summed E-state index contributed by atoms with van der Waals surface area (Å²) in [4.78, 5) is 4.46. The van der Waals surface area contributed by atoms with Crippen LogP contribution in [0.15, 0.2) is 18.3 Å². The van der Waals surface area contributed by atoms with Gasteiger partial charge in [0.2, 0.25) is 0 Å². The molecule has 0 spiro atoms. The highest BCUT2D eigenvalue weighted by Gasteiger charge is 2.19. The first kappa shape index (κ1) is 15.5. The van der Waals surface area contributed by atoms with Crippen molar-refractivity contribution in [2.24, 2.45) is 0 Å². The Hall–Kier alpha value is -0.930. The van der Waals surface area contributed by atoms with Crippen LogP contribution in [-0.2, 0) is 17.9 Å². The average molecular weight is 276 g/mol. The Morgan fingerprint density at radius 3 is 2.75 bits per heavy atom. The summed E-state index contributed by atoms with van der Waals surface area (Å²) in [5, 5.41) is 3.50. The molecule has 20 heavy (non-hydrogen) atoms. The van der Waals surface area contributed by atoms with E-state index in [9.17, 15) is 0 Å². The van der Waals surface area contributed by atoms with Gasteiger partial charge in [-0.3, -0.25) is 4.98 Å². The first-order valence-electron chi connectivity index (χ1n) is 8.13. The minimum atomic E-state index is 0.643.